The van der Waals surface area contributed by atoms with Crippen LogP contribution in [-0.2, 0) is 0 Å². The van der Waals surface area contributed by atoms with Gasteiger partial charge in [-0.1, -0.05) is 6.07 Å². The fraction of sp³-hybridized carbons (Fsp3) is 0.333. The highest BCUT2D eigenvalue weighted by Gasteiger charge is 2.03. The summed E-state index contributed by atoms with van der Waals surface area (Å²) in [6.07, 6.45) is 0.617. The summed E-state index contributed by atoms with van der Waals surface area (Å²) in [5.41, 5.74) is 0.461. The Morgan fingerprint density at radius 1 is 1.46 bits per heavy atom. The second-order valence-corrected chi connectivity index (χ2v) is 3.46. The van der Waals surface area contributed by atoms with Crippen molar-refractivity contribution in [1.29, 1.82) is 0 Å². The molecular formula is C9H11BrFNO. The molecule has 0 aliphatic carbocycles. The van der Waals surface area contributed by atoms with E-state index in [4.69, 9.17) is 5.11 Å². The molecule has 0 bridgehead atoms. The Bertz CT molecular complexity index is 280. The van der Waals surface area contributed by atoms with Crippen LogP contribution < -0.4 is 5.32 Å². The standard InChI is InChI=1S/C9H11BrFNO/c10-7-3-1-4-8(9(7)11)12-5-2-6-13/h1,3-4,12-13H,2,5-6H2. The molecule has 0 unspecified atom stereocenters. The Morgan fingerprint density at radius 3 is 2.92 bits per heavy atom. The molecule has 0 aromatic heterocycles. The van der Waals surface area contributed by atoms with Crippen molar-refractivity contribution in [2.45, 2.75) is 6.42 Å². The van der Waals surface area contributed by atoms with E-state index < -0.39 is 0 Å². The molecule has 72 valence electrons. The van der Waals surface area contributed by atoms with E-state index in [1.165, 1.54) is 0 Å². The molecule has 2 N–H and O–H groups in total. The fourth-order valence-electron chi connectivity index (χ4n) is 0.942. The molecule has 1 aromatic rings. The van der Waals surface area contributed by atoms with Crippen molar-refractivity contribution in [2.24, 2.45) is 0 Å². The van der Waals surface area contributed by atoms with Crippen molar-refractivity contribution in [1.82, 2.24) is 0 Å². The van der Waals surface area contributed by atoms with Crippen LogP contribution in [-0.4, -0.2) is 18.3 Å². The van der Waals surface area contributed by atoms with Crippen molar-refractivity contribution in [3.8, 4) is 0 Å². The van der Waals surface area contributed by atoms with Crippen LogP contribution >= 0.6 is 15.9 Å². The number of aliphatic hydroxyl groups is 1. The summed E-state index contributed by atoms with van der Waals surface area (Å²) in [5.74, 6) is -0.291. The molecule has 2 nitrogen and oxygen atoms in total. The summed E-state index contributed by atoms with van der Waals surface area (Å²) in [4.78, 5) is 0. The Morgan fingerprint density at radius 2 is 2.23 bits per heavy atom. The summed E-state index contributed by atoms with van der Waals surface area (Å²) < 4.78 is 13.7. The molecule has 1 rings (SSSR count). The first-order chi connectivity index (χ1) is 6.25. The van der Waals surface area contributed by atoms with Gasteiger partial charge in [0.2, 0.25) is 0 Å². The van der Waals surface area contributed by atoms with Gasteiger partial charge in [0.1, 0.15) is 0 Å². The predicted molar refractivity (Wildman–Crippen MR) is 54.3 cm³/mol. The minimum absolute atomic E-state index is 0.114. The summed E-state index contributed by atoms with van der Waals surface area (Å²) in [6, 6.07) is 5.07. The van der Waals surface area contributed by atoms with Crippen molar-refractivity contribution in [3.63, 3.8) is 0 Å². The lowest BCUT2D eigenvalue weighted by atomic mass is 10.3. The highest BCUT2D eigenvalue weighted by atomic mass is 79.9. The van der Waals surface area contributed by atoms with Crippen molar-refractivity contribution in [2.75, 3.05) is 18.5 Å². The second kappa shape index (κ2) is 5.19. The molecule has 1 aromatic carbocycles. The molecule has 0 radical (unpaired) electrons. The maximum atomic E-state index is 13.3. The molecule has 0 fully saturated rings. The van der Waals surface area contributed by atoms with E-state index in [0.29, 0.717) is 23.1 Å². The molecule has 0 heterocycles. The van der Waals surface area contributed by atoms with E-state index in [2.05, 4.69) is 21.2 Å². The number of rotatable bonds is 4. The zero-order valence-corrected chi connectivity index (χ0v) is 8.64. The normalized spacial score (nSPS) is 10.1. The summed E-state index contributed by atoms with van der Waals surface area (Å²) >= 11 is 3.09. The fourth-order valence-corrected chi connectivity index (χ4v) is 1.31. The van der Waals surface area contributed by atoms with Crippen LogP contribution in [0.15, 0.2) is 22.7 Å². The van der Waals surface area contributed by atoms with Gasteiger partial charge < -0.3 is 10.4 Å². The maximum absolute atomic E-state index is 13.3. The third-order valence-electron chi connectivity index (χ3n) is 1.60. The van der Waals surface area contributed by atoms with Crippen LogP contribution in [0.2, 0.25) is 0 Å². The summed E-state index contributed by atoms with van der Waals surface area (Å²) in [7, 11) is 0. The molecule has 4 heteroatoms. The zero-order chi connectivity index (χ0) is 9.68. The van der Waals surface area contributed by atoms with Crippen molar-refractivity contribution >= 4 is 21.6 Å². The number of aliphatic hydroxyl groups excluding tert-OH is 1. The Kier molecular flexibility index (Phi) is 4.18. The minimum Gasteiger partial charge on any atom is -0.396 e. The topological polar surface area (TPSA) is 32.3 Å². The molecule has 0 atom stereocenters. The monoisotopic (exact) mass is 247 g/mol. The van der Waals surface area contributed by atoms with Gasteiger partial charge in [-0.05, 0) is 34.5 Å². The maximum Gasteiger partial charge on any atom is 0.160 e. The van der Waals surface area contributed by atoms with E-state index in [1.807, 2.05) is 0 Å². The van der Waals surface area contributed by atoms with Crippen LogP contribution in [0, 0.1) is 5.82 Å². The van der Waals surface area contributed by atoms with Crippen LogP contribution in [0.5, 0.6) is 0 Å². The van der Waals surface area contributed by atoms with Gasteiger partial charge in [0.15, 0.2) is 5.82 Å². The highest BCUT2D eigenvalue weighted by molar-refractivity contribution is 9.10. The lowest BCUT2D eigenvalue weighted by molar-refractivity contribution is 0.292. The third-order valence-corrected chi connectivity index (χ3v) is 2.21. The van der Waals surface area contributed by atoms with Crippen LogP contribution in [0.25, 0.3) is 0 Å². The van der Waals surface area contributed by atoms with Crippen LogP contribution in [0.3, 0.4) is 0 Å². The van der Waals surface area contributed by atoms with Gasteiger partial charge in [-0.2, -0.15) is 0 Å². The van der Waals surface area contributed by atoms with Crippen LogP contribution in [0.1, 0.15) is 6.42 Å². The highest BCUT2D eigenvalue weighted by Crippen LogP contribution is 2.22. The summed E-state index contributed by atoms with van der Waals surface area (Å²) in [5, 5.41) is 11.4. The number of nitrogens with one attached hydrogen (secondary N) is 1. The van der Waals surface area contributed by atoms with Gasteiger partial charge in [0.25, 0.3) is 0 Å². The number of benzene rings is 1. The molecule has 0 saturated heterocycles. The Balaban J connectivity index is 2.61. The lowest BCUT2D eigenvalue weighted by Gasteiger charge is -2.06. The second-order valence-electron chi connectivity index (χ2n) is 2.61. The molecule has 0 spiro atoms. The van der Waals surface area contributed by atoms with Crippen molar-refractivity contribution in [3.05, 3.63) is 28.5 Å². The van der Waals surface area contributed by atoms with E-state index >= 15 is 0 Å². The first-order valence-corrected chi connectivity index (χ1v) is 4.83. The Hall–Kier alpha value is -0.610. The van der Waals surface area contributed by atoms with Gasteiger partial charge in [-0.15, -0.1) is 0 Å². The molecule has 0 amide bonds. The molecule has 0 aliphatic rings. The number of halogens is 2. The quantitative estimate of drug-likeness (QED) is 0.802. The lowest BCUT2D eigenvalue weighted by Crippen LogP contribution is -2.05. The summed E-state index contributed by atoms with van der Waals surface area (Å²) in [6.45, 7) is 0.687. The molecule has 13 heavy (non-hydrogen) atoms. The number of hydrogen-bond acceptors (Lipinski definition) is 2. The van der Waals surface area contributed by atoms with E-state index in [0.717, 1.165) is 0 Å². The molecular weight excluding hydrogens is 237 g/mol. The average Bonchev–Trinajstić information content (AvgIpc) is 2.13. The van der Waals surface area contributed by atoms with Gasteiger partial charge in [0.05, 0.1) is 10.2 Å². The predicted octanol–water partition coefficient (Wildman–Crippen LogP) is 2.38. The van der Waals surface area contributed by atoms with E-state index in [9.17, 15) is 4.39 Å². The smallest absolute Gasteiger partial charge is 0.160 e. The van der Waals surface area contributed by atoms with E-state index in [-0.39, 0.29) is 12.4 Å². The van der Waals surface area contributed by atoms with Gasteiger partial charge in [-0.25, -0.2) is 4.39 Å². The van der Waals surface area contributed by atoms with Gasteiger partial charge in [0, 0.05) is 13.2 Å². The largest absolute Gasteiger partial charge is 0.396 e. The minimum atomic E-state index is -0.291. The number of hydrogen-bond donors (Lipinski definition) is 2. The zero-order valence-electron chi connectivity index (χ0n) is 7.06. The Labute approximate surface area is 84.9 Å². The van der Waals surface area contributed by atoms with Gasteiger partial charge >= 0.3 is 0 Å². The van der Waals surface area contributed by atoms with Crippen LogP contribution in [0.4, 0.5) is 10.1 Å². The molecule has 0 aliphatic heterocycles. The average molecular weight is 248 g/mol. The SMILES string of the molecule is OCCCNc1cccc(Br)c1F. The first kappa shape index (κ1) is 10.5. The first-order valence-electron chi connectivity index (χ1n) is 4.04. The van der Waals surface area contributed by atoms with E-state index in [1.54, 1.807) is 18.2 Å². The number of anilines is 1. The van der Waals surface area contributed by atoms with Crippen molar-refractivity contribution < 1.29 is 9.50 Å². The third kappa shape index (κ3) is 2.97. The molecule has 0 saturated carbocycles. The van der Waals surface area contributed by atoms with Gasteiger partial charge in [-0.3, -0.25) is 0 Å².